The van der Waals surface area contributed by atoms with E-state index in [1.54, 1.807) is 4.68 Å². The van der Waals surface area contributed by atoms with Gasteiger partial charge in [0.1, 0.15) is 17.2 Å². The van der Waals surface area contributed by atoms with Crippen LogP contribution in [0.4, 0.5) is 5.69 Å². The van der Waals surface area contributed by atoms with E-state index in [2.05, 4.69) is 25.4 Å². The first kappa shape index (κ1) is 24.8. The van der Waals surface area contributed by atoms with Crippen LogP contribution in [0.5, 0.6) is 0 Å². The molecule has 0 radical (unpaired) electrons. The van der Waals surface area contributed by atoms with Crippen LogP contribution in [0, 0.1) is 6.92 Å². The molecule has 1 aromatic carbocycles. The maximum absolute atomic E-state index is 12.9. The molecular formula is C22H24ClN7O4S. The van der Waals surface area contributed by atoms with Crippen molar-refractivity contribution in [3.8, 4) is 5.69 Å². The number of nitrogens with one attached hydrogen (secondary N) is 3. The maximum Gasteiger partial charge on any atom is 0.280 e. The summed E-state index contributed by atoms with van der Waals surface area (Å²) in [5.41, 5.74) is 2.75. The van der Waals surface area contributed by atoms with Crippen LogP contribution in [-0.4, -0.2) is 58.4 Å². The Hall–Kier alpha value is -3.32. The van der Waals surface area contributed by atoms with Crippen molar-refractivity contribution >= 4 is 39.3 Å². The van der Waals surface area contributed by atoms with Gasteiger partial charge in [0.15, 0.2) is 0 Å². The summed E-state index contributed by atoms with van der Waals surface area (Å²) in [4.78, 5) is 29.6. The number of likely N-dealkylation sites (N-methyl/N-ethyl adjacent to an activating group) is 1. The second kappa shape index (κ2) is 10.1. The Balaban J connectivity index is 1.44. The van der Waals surface area contributed by atoms with Crippen molar-refractivity contribution in [1.82, 2.24) is 29.1 Å². The number of carbonyl (C=O) groups is 2. The molecule has 11 nitrogen and oxygen atoms in total. The Morgan fingerprint density at radius 1 is 1.20 bits per heavy atom. The molecule has 0 saturated carbocycles. The zero-order chi connectivity index (χ0) is 25.2. The number of amides is 2. The molecule has 13 heteroatoms. The molecule has 0 bridgehead atoms. The number of aromatic nitrogens is 3. The lowest BCUT2D eigenvalue weighted by atomic mass is 10.1. The van der Waals surface area contributed by atoms with E-state index < -0.39 is 34.1 Å². The predicted molar refractivity (Wildman–Crippen MR) is 130 cm³/mol. The topological polar surface area (TPSA) is 138 Å². The van der Waals surface area contributed by atoms with Crippen molar-refractivity contribution in [3.63, 3.8) is 0 Å². The van der Waals surface area contributed by atoms with Crippen molar-refractivity contribution in [2.45, 2.75) is 32.0 Å². The number of nitrogens with zero attached hydrogens (tertiary/aromatic N) is 4. The van der Waals surface area contributed by atoms with Crippen molar-refractivity contribution in [2.75, 3.05) is 12.4 Å². The van der Waals surface area contributed by atoms with E-state index in [1.165, 1.54) is 25.4 Å². The van der Waals surface area contributed by atoms with Crippen molar-refractivity contribution in [3.05, 3.63) is 71.3 Å². The van der Waals surface area contributed by atoms with Gasteiger partial charge >= 0.3 is 0 Å². The Morgan fingerprint density at radius 3 is 2.66 bits per heavy atom. The molecule has 3 heterocycles. The van der Waals surface area contributed by atoms with Crippen LogP contribution >= 0.6 is 11.6 Å². The summed E-state index contributed by atoms with van der Waals surface area (Å²) >= 11 is 5.85. The highest BCUT2D eigenvalue weighted by molar-refractivity contribution is 7.87. The lowest BCUT2D eigenvalue weighted by molar-refractivity contribution is -0.124. The fourth-order valence-electron chi connectivity index (χ4n) is 3.67. The van der Waals surface area contributed by atoms with Gasteiger partial charge in [-0.1, -0.05) is 29.8 Å². The molecule has 1 aliphatic heterocycles. The number of hydrogen-bond donors (Lipinski definition) is 3. The van der Waals surface area contributed by atoms with Gasteiger partial charge in [0, 0.05) is 25.1 Å². The number of hydrogen-bond acceptors (Lipinski definition) is 6. The number of anilines is 1. The summed E-state index contributed by atoms with van der Waals surface area (Å²) in [5.74, 6) is -1.14. The second-order valence-electron chi connectivity index (χ2n) is 8.06. The maximum atomic E-state index is 12.9. The molecule has 3 N–H and O–H groups in total. The van der Waals surface area contributed by atoms with Crippen LogP contribution in [0.15, 0.2) is 54.9 Å². The van der Waals surface area contributed by atoms with Crippen molar-refractivity contribution < 1.29 is 18.0 Å². The normalized spacial score (nSPS) is 19.7. The van der Waals surface area contributed by atoms with Gasteiger partial charge in [0.25, 0.3) is 10.2 Å². The van der Waals surface area contributed by atoms with E-state index in [4.69, 9.17) is 11.6 Å². The monoisotopic (exact) mass is 517 g/mol. The van der Waals surface area contributed by atoms with Crippen LogP contribution < -0.4 is 15.4 Å². The second-order valence-corrected chi connectivity index (χ2v) is 10.2. The minimum Gasteiger partial charge on any atom is -0.349 e. The third kappa shape index (κ3) is 5.68. The molecule has 1 aliphatic rings. The molecule has 2 aromatic heterocycles. The van der Waals surface area contributed by atoms with E-state index in [1.807, 2.05) is 43.5 Å². The number of rotatable bonds is 6. The van der Waals surface area contributed by atoms with Crippen LogP contribution in [0.1, 0.15) is 17.7 Å². The largest absolute Gasteiger partial charge is 0.349 e. The fourth-order valence-corrected chi connectivity index (χ4v) is 5.09. The SMILES string of the molecule is Cc1cn(-c2ccccc2)nc1CNC(=O)C1CC(C(=O)Nc2ccnc(Cl)c2)N(C)S(=O)(=O)N1. The molecule has 35 heavy (non-hydrogen) atoms. The van der Waals surface area contributed by atoms with Gasteiger partial charge < -0.3 is 10.6 Å². The number of carbonyl (C=O) groups excluding carboxylic acids is 2. The van der Waals surface area contributed by atoms with Gasteiger partial charge in [0.05, 0.1) is 17.9 Å². The quantitative estimate of drug-likeness (QED) is 0.422. The Labute approximate surface area is 207 Å². The smallest absolute Gasteiger partial charge is 0.280 e. The average Bonchev–Trinajstić information content (AvgIpc) is 3.20. The summed E-state index contributed by atoms with van der Waals surface area (Å²) in [6, 6.07) is 10.2. The number of pyridine rings is 1. The van der Waals surface area contributed by atoms with Crippen LogP contribution in [0.2, 0.25) is 5.15 Å². The average molecular weight is 518 g/mol. The van der Waals surface area contributed by atoms with Gasteiger partial charge in [-0.2, -0.15) is 22.5 Å². The van der Waals surface area contributed by atoms with Gasteiger partial charge in [-0.3, -0.25) is 9.59 Å². The minimum atomic E-state index is -4.07. The van der Waals surface area contributed by atoms with Gasteiger partial charge in [-0.15, -0.1) is 0 Å². The molecule has 184 valence electrons. The minimum absolute atomic E-state index is 0.0658. The zero-order valence-corrected chi connectivity index (χ0v) is 20.5. The highest BCUT2D eigenvalue weighted by Crippen LogP contribution is 2.20. The molecule has 2 atom stereocenters. The lowest BCUT2D eigenvalue weighted by Gasteiger charge is -2.35. The molecule has 4 rings (SSSR count). The van der Waals surface area contributed by atoms with Gasteiger partial charge in [-0.05, 0) is 43.2 Å². The van der Waals surface area contributed by atoms with Gasteiger partial charge in [-0.25, -0.2) is 9.67 Å². The fraction of sp³-hybridized carbons (Fsp3) is 0.273. The van der Waals surface area contributed by atoms with E-state index in [0.29, 0.717) is 11.4 Å². The highest BCUT2D eigenvalue weighted by atomic mass is 35.5. The Kier molecular flexibility index (Phi) is 7.17. The number of aryl methyl sites for hydroxylation is 1. The van der Waals surface area contributed by atoms with Gasteiger partial charge in [0.2, 0.25) is 11.8 Å². The zero-order valence-electron chi connectivity index (χ0n) is 19.0. The van der Waals surface area contributed by atoms with E-state index in [9.17, 15) is 18.0 Å². The Bertz CT molecular complexity index is 1350. The van der Waals surface area contributed by atoms with Crippen LogP contribution in [-0.2, 0) is 26.3 Å². The van der Waals surface area contributed by atoms with Crippen molar-refractivity contribution in [1.29, 1.82) is 0 Å². The molecular weight excluding hydrogens is 494 g/mol. The molecule has 3 aromatic rings. The van der Waals surface area contributed by atoms with E-state index >= 15 is 0 Å². The molecule has 1 fully saturated rings. The van der Waals surface area contributed by atoms with Crippen molar-refractivity contribution in [2.24, 2.45) is 0 Å². The number of para-hydroxylation sites is 1. The summed E-state index contributed by atoms with van der Waals surface area (Å²) in [6.45, 7) is 1.98. The standard InChI is InChI=1S/C22H24ClN7O4S/c1-14-13-30(16-6-4-3-5-7-16)27-18(14)12-25-21(31)17-11-19(29(2)35(33,34)28-17)22(32)26-15-8-9-24-20(23)10-15/h3-10,13,17,19,28H,11-12H2,1-2H3,(H,25,31)(H,24,26,32). The molecule has 1 saturated heterocycles. The van der Waals surface area contributed by atoms with E-state index in [-0.39, 0.29) is 18.1 Å². The van der Waals surface area contributed by atoms with Crippen LogP contribution in [0.25, 0.3) is 5.69 Å². The number of halogens is 1. The molecule has 2 amide bonds. The van der Waals surface area contributed by atoms with E-state index in [0.717, 1.165) is 15.6 Å². The predicted octanol–water partition coefficient (Wildman–Crippen LogP) is 1.39. The van der Waals surface area contributed by atoms with Crippen LogP contribution in [0.3, 0.4) is 0 Å². The first-order valence-corrected chi connectivity index (χ1v) is 12.5. The Morgan fingerprint density at radius 2 is 1.94 bits per heavy atom. The molecule has 0 spiro atoms. The molecule has 0 aliphatic carbocycles. The number of benzene rings is 1. The summed E-state index contributed by atoms with van der Waals surface area (Å²) in [7, 11) is -2.79. The first-order chi connectivity index (χ1) is 16.6. The lowest BCUT2D eigenvalue weighted by Crippen LogP contribution is -2.62. The highest BCUT2D eigenvalue weighted by Gasteiger charge is 2.42. The summed E-state index contributed by atoms with van der Waals surface area (Å²) in [5, 5.41) is 10.0. The third-order valence-electron chi connectivity index (χ3n) is 5.63. The summed E-state index contributed by atoms with van der Waals surface area (Å²) < 4.78 is 30.2. The third-order valence-corrected chi connectivity index (χ3v) is 7.43. The molecule has 2 unspecified atom stereocenters. The summed E-state index contributed by atoms with van der Waals surface area (Å²) in [6.07, 6.45) is 3.20. The first-order valence-electron chi connectivity index (χ1n) is 10.7.